The molecule has 6 rings (SSSR count). The summed E-state index contributed by atoms with van der Waals surface area (Å²) in [5.41, 5.74) is 3.18. The molecule has 0 spiro atoms. The van der Waals surface area contributed by atoms with Gasteiger partial charge in [-0.3, -0.25) is 9.69 Å². The molecular formula is C28H29N5O2S. The van der Waals surface area contributed by atoms with Crippen LogP contribution >= 0.6 is 11.3 Å². The second kappa shape index (κ2) is 9.95. The maximum atomic E-state index is 13.6. The first-order valence-corrected chi connectivity index (χ1v) is 13.4. The summed E-state index contributed by atoms with van der Waals surface area (Å²) in [6, 6.07) is 16.3. The number of hydrogen-bond acceptors (Lipinski definition) is 7. The molecule has 2 aliphatic rings. The quantitative estimate of drug-likeness (QED) is 0.358. The summed E-state index contributed by atoms with van der Waals surface area (Å²) in [7, 11) is 0. The highest BCUT2D eigenvalue weighted by molar-refractivity contribution is 7.18. The van der Waals surface area contributed by atoms with E-state index in [4.69, 9.17) is 9.51 Å². The van der Waals surface area contributed by atoms with Crippen molar-refractivity contribution in [2.45, 2.75) is 32.2 Å². The molecule has 1 amide bonds. The lowest BCUT2D eigenvalue weighted by molar-refractivity contribution is -0.138. The van der Waals surface area contributed by atoms with Crippen LogP contribution in [0.15, 0.2) is 65.2 Å². The number of amides is 1. The van der Waals surface area contributed by atoms with E-state index in [1.807, 2.05) is 41.3 Å². The van der Waals surface area contributed by atoms with Gasteiger partial charge in [0.25, 0.3) is 0 Å². The van der Waals surface area contributed by atoms with Crippen molar-refractivity contribution in [3.8, 4) is 11.4 Å². The highest BCUT2D eigenvalue weighted by Gasteiger charge is 2.36. The molecule has 0 N–H and O–H groups in total. The normalized spacial score (nSPS) is 20.8. The van der Waals surface area contributed by atoms with Gasteiger partial charge in [-0.05, 0) is 31.9 Å². The molecule has 0 bridgehead atoms. The second-order valence-corrected chi connectivity index (χ2v) is 10.7. The average Bonchev–Trinajstić information content (AvgIpc) is 3.56. The number of hydrogen-bond donors (Lipinski definition) is 0. The molecule has 0 saturated carbocycles. The van der Waals surface area contributed by atoms with Crippen molar-refractivity contribution in [3.05, 3.63) is 77.1 Å². The zero-order valence-corrected chi connectivity index (χ0v) is 21.2. The van der Waals surface area contributed by atoms with Gasteiger partial charge in [0.2, 0.25) is 17.6 Å². The maximum absolute atomic E-state index is 13.6. The Bertz CT molecular complexity index is 1350. The van der Waals surface area contributed by atoms with E-state index < -0.39 is 0 Å². The Balaban J connectivity index is 1.08. The van der Waals surface area contributed by atoms with Crippen LogP contribution in [0.4, 0.5) is 0 Å². The molecular weight excluding hydrogens is 470 g/mol. The third-order valence-corrected chi connectivity index (χ3v) is 8.37. The van der Waals surface area contributed by atoms with E-state index in [1.54, 1.807) is 11.3 Å². The Morgan fingerprint density at radius 1 is 1.00 bits per heavy atom. The second-order valence-electron chi connectivity index (χ2n) is 9.65. The van der Waals surface area contributed by atoms with Gasteiger partial charge in [0.1, 0.15) is 0 Å². The first-order chi connectivity index (χ1) is 17.6. The molecule has 2 unspecified atom stereocenters. The molecule has 36 heavy (non-hydrogen) atoms. The predicted octanol–water partition coefficient (Wildman–Crippen LogP) is 5.05. The summed E-state index contributed by atoms with van der Waals surface area (Å²) >= 11 is 1.73. The highest BCUT2D eigenvalue weighted by atomic mass is 32.1. The topological polar surface area (TPSA) is 75.4 Å². The zero-order valence-electron chi connectivity index (χ0n) is 20.3. The van der Waals surface area contributed by atoms with Crippen molar-refractivity contribution in [3.63, 3.8) is 0 Å². The van der Waals surface area contributed by atoms with Crippen molar-refractivity contribution >= 4 is 27.5 Å². The maximum Gasteiger partial charge on any atom is 0.241 e. The van der Waals surface area contributed by atoms with Crippen molar-refractivity contribution in [2.24, 2.45) is 5.92 Å². The average molecular weight is 500 g/mol. The number of allylic oxidation sites excluding steroid dienone is 2. The summed E-state index contributed by atoms with van der Waals surface area (Å²) < 4.78 is 6.70. The Morgan fingerprint density at radius 2 is 1.78 bits per heavy atom. The van der Waals surface area contributed by atoms with E-state index >= 15 is 0 Å². The lowest BCUT2D eigenvalue weighted by Gasteiger charge is -2.37. The van der Waals surface area contributed by atoms with Crippen LogP contribution in [0.2, 0.25) is 0 Å². The van der Waals surface area contributed by atoms with Crippen LogP contribution in [0.25, 0.3) is 21.6 Å². The zero-order chi connectivity index (χ0) is 24.5. The van der Waals surface area contributed by atoms with E-state index in [-0.39, 0.29) is 17.7 Å². The van der Waals surface area contributed by atoms with Gasteiger partial charge >= 0.3 is 0 Å². The number of carbonyl (C=O) groups excluding carboxylic acids is 1. The van der Waals surface area contributed by atoms with Gasteiger partial charge in [-0.2, -0.15) is 4.98 Å². The molecule has 4 aromatic rings. The Labute approximate surface area is 214 Å². The van der Waals surface area contributed by atoms with Crippen LogP contribution in [0.5, 0.6) is 0 Å². The first-order valence-electron chi connectivity index (χ1n) is 12.6. The number of thiazole rings is 1. The van der Waals surface area contributed by atoms with E-state index in [2.05, 4.69) is 46.2 Å². The molecule has 1 aliphatic carbocycles. The number of piperazine rings is 1. The molecule has 3 heterocycles. The molecule has 1 saturated heterocycles. The van der Waals surface area contributed by atoms with E-state index in [0.29, 0.717) is 31.3 Å². The monoisotopic (exact) mass is 499 g/mol. The fourth-order valence-corrected chi connectivity index (χ4v) is 6.25. The lowest BCUT2D eigenvalue weighted by Crippen LogP contribution is -2.50. The van der Waals surface area contributed by atoms with E-state index in [0.717, 1.165) is 42.0 Å². The van der Waals surface area contributed by atoms with Gasteiger partial charge in [0.15, 0.2) is 0 Å². The van der Waals surface area contributed by atoms with Crippen LogP contribution in [-0.4, -0.2) is 57.0 Å². The fourth-order valence-electron chi connectivity index (χ4n) is 5.10. The molecule has 7 nitrogen and oxygen atoms in total. The number of benzene rings is 2. The summed E-state index contributed by atoms with van der Waals surface area (Å²) in [5.74, 6) is 1.58. The summed E-state index contributed by atoms with van der Waals surface area (Å²) in [6.45, 7) is 5.67. The van der Waals surface area contributed by atoms with Crippen LogP contribution in [0, 0.1) is 12.8 Å². The van der Waals surface area contributed by atoms with Gasteiger partial charge in [0.05, 0.1) is 27.7 Å². The van der Waals surface area contributed by atoms with Gasteiger partial charge < -0.3 is 9.42 Å². The van der Waals surface area contributed by atoms with E-state index in [9.17, 15) is 4.79 Å². The Kier molecular flexibility index (Phi) is 6.37. The molecule has 0 radical (unpaired) electrons. The van der Waals surface area contributed by atoms with E-state index in [1.165, 1.54) is 10.3 Å². The van der Waals surface area contributed by atoms with Crippen LogP contribution in [0.3, 0.4) is 0 Å². The van der Waals surface area contributed by atoms with Gasteiger partial charge in [0, 0.05) is 37.7 Å². The number of aromatic nitrogens is 3. The van der Waals surface area contributed by atoms with Gasteiger partial charge in [-0.15, -0.1) is 11.3 Å². The van der Waals surface area contributed by atoms with Gasteiger partial charge in [-0.1, -0.05) is 59.3 Å². The molecule has 2 aromatic heterocycles. The number of para-hydroxylation sites is 1. The smallest absolute Gasteiger partial charge is 0.241 e. The lowest BCUT2D eigenvalue weighted by atomic mass is 9.82. The SMILES string of the molecule is Cc1ccc(-c2noc(CN3CCN(C(=O)C4CC=CCC4c4nc5ccccc5s4)CC3)n2)cc1. The third-order valence-electron chi connectivity index (χ3n) is 7.20. The van der Waals surface area contributed by atoms with Crippen molar-refractivity contribution in [1.29, 1.82) is 0 Å². The minimum absolute atomic E-state index is 0.0462. The summed E-state index contributed by atoms with van der Waals surface area (Å²) in [6.07, 6.45) is 6.01. The standard InChI is InChI=1S/C28H29N5O2S/c1-19-10-12-20(13-11-19)26-30-25(35-31-26)18-32-14-16-33(17-15-32)28(34)22-7-3-2-6-21(22)27-29-23-8-4-5-9-24(23)36-27/h2-5,8-13,21-22H,6-7,14-18H2,1H3. The number of aryl methyl sites for hydroxylation is 1. The van der Waals surface area contributed by atoms with Gasteiger partial charge in [-0.25, -0.2) is 4.98 Å². The summed E-state index contributed by atoms with van der Waals surface area (Å²) in [4.78, 5) is 27.4. The predicted molar refractivity (Wildman–Crippen MR) is 141 cm³/mol. The Hall–Kier alpha value is -3.36. The molecule has 1 fully saturated rings. The molecule has 2 atom stereocenters. The minimum Gasteiger partial charge on any atom is -0.340 e. The van der Waals surface area contributed by atoms with Crippen LogP contribution in [-0.2, 0) is 11.3 Å². The molecule has 8 heteroatoms. The number of nitrogens with zero attached hydrogens (tertiary/aromatic N) is 5. The number of rotatable bonds is 5. The summed E-state index contributed by atoms with van der Waals surface area (Å²) in [5, 5.41) is 5.23. The number of carbonyl (C=O) groups is 1. The van der Waals surface area contributed by atoms with Crippen molar-refractivity contribution in [1.82, 2.24) is 24.9 Å². The van der Waals surface area contributed by atoms with Crippen molar-refractivity contribution in [2.75, 3.05) is 26.2 Å². The highest BCUT2D eigenvalue weighted by Crippen LogP contribution is 2.39. The molecule has 184 valence electrons. The fraction of sp³-hybridized carbons (Fsp3) is 0.357. The third kappa shape index (κ3) is 4.70. The van der Waals surface area contributed by atoms with Crippen molar-refractivity contribution < 1.29 is 9.32 Å². The first kappa shape index (κ1) is 23.1. The largest absolute Gasteiger partial charge is 0.340 e. The minimum atomic E-state index is -0.0462. The Morgan fingerprint density at radius 3 is 2.58 bits per heavy atom. The number of fused-ring (bicyclic) bond motifs is 1. The van der Waals surface area contributed by atoms with Crippen LogP contribution < -0.4 is 0 Å². The molecule has 2 aromatic carbocycles. The molecule has 1 aliphatic heterocycles. The van der Waals surface area contributed by atoms with Crippen LogP contribution in [0.1, 0.15) is 35.2 Å².